The smallest absolute Gasteiger partial charge is 0.161 e. The van der Waals surface area contributed by atoms with Crippen LogP contribution in [-0.4, -0.2) is 4.98 Å². The summed E-state index contributed by atoms with van der Waals surface area (Å²) in [6.45, 7) is 16.2. The number of pyridine rings is 1. The number of rotatable bonds is 1. The van der Waals surface area contributed by atoms with E-state index in [2.05, 4.69) is 103 Å². The molecular weight excluding hydrogens is 414 g/mol. The third-order valence-electron chi connectivity index (χ3n) is 7.79. The molecule has 3 aromatic carbocycles. The highest BCUT2D eigenvalue weighted by Gasteiger charge is 2.44. The van der Waals surface area contributed by atoms with Crippen LogP contribution in [0.1, 0.15) is 71.6 Å². The van der Waals surface area contributed by atoms with Crippen LogP contribution >= 0.6 is 0 Å². The fourth-order valence-electron chi connectivity index (χ4n) is 6.56. The molecule has 2 heterocycles. The summed E-state index contributed by atoms with van der Waals surface area (Å²) in [4.78, 5) is 4.87. The quantitative estimate of drug-likeness (QED) is 0.256. The molecule has 5 aromatic rings. The topological polar surface area (TPSA) is 26.0 Å². The lowest BCUT2D eigenvalue weighted by Gasteiger charge is -2.22. The van der Waals surface area contributed by atoms with Gasteiger partial charge < -0.3 is 4.42 Å². The van der Waals surface area contributed by atoms with E-state index in [-0.39, 0.29) is 16.2 Å². The lowest BCUT2D eigenvalue weighted by molar-refractivity contribution is 0.402. The van der Waals surface area contributed by atoms with Crippen LogP contribution in [0, 0.1) is 0 Å². The predicted molar refractivity (Wildman–Crippen MR) is 144 cm³/mol. The minimum Gasteiger partial charge on any atom is -0.453 e. The Morgan fingerprint density at radius 3 is 2.29 bits per heavy atom. The molecule has 0 amide bonds. The molecule has 0 fully saturated rings. The van der Waals surface area contributed by atoms with E-state index in [4.69, 9.17) is 9.40 Å². The van der Waals surface area contributed by atoms with Crippen molar-refractivity contribution < 1.29 is 4.42 Å². The minimum absolute atomic E-state index is 0.0216. The average Bonchev–Trinajstić information content (AvgIpc) is 3.23. The molecule has 1 aliphatic carbocycles. The third kappa shape index (κ3) is 2.97. The maximum atomic E-state index is 6.78. The Hall–Kier alpha value is -3.13. The maximum absolute atomic E-state index is 6.78. The van der Waals surface area contributed by atoms with Crippen LogP contribution in [0.4, 0.5) is 0 Å². The average molecular weight is 448 g/mol. The highest BCUT2D eigenvalue weighted by Crippen LogP contribution is 2.53. The largest absolute Gasteiger partial charge is 0.453 e. The highest BCUT2D eigenvalue weighted by atomic mass is 16.3. The van der Waals surface area contributed by atoms with E-state index in [1.54, 1.807) is 0 Å². The van der Waals surface area contributed by atoms with Crippen LogP contribution in [0.15, 0.2) is 65.2 Å². The molecule has 0 radical (unpaired) electrons. The van der Waals surface area contributed by atoms with Gasteiger partial charge in [0.1, 0.15) is 11.3 Å². The van der Waals surface area contributed by atoms with Crippen LogP contribution in [0.25, 0.3) is 44.0 Å². The number of fused-ring (bicyclic) bond motifs is 6. The first-order valence-electron chi connectivity index (χ1n) is 12.4. The zero-order chi connectivity index (χ0) is 24.0. The molecule has 0 saturated carbocycles. The van der Waals surface area contributed by atoms with Crippen LogP contribution in [0.3, 0.4) is 0 Å². The van der Waals surface area contributed by atoms with E-state index in [1.807, 2.05) is 6.20 Å². The Kier molecular flexibility index (Phi) is 4.23. The SMILES string of the molecule is CC(C)(C)c1cc(-c2nccc3c2oc2c4c(ccc23)C(C)(C)CC4(C)C)cc2ccccc12. The van der Waals surface area contributed by atoms with Crippen LogP contribution in [-0.2, 0) is 16.2 Å². The summed E-state index contributed by atoms with van der Waals surface area (Å²) in [5, 5.41) is 4.88. The molecule has 0 saturated heterocycles. The van der Waals surface area contributed by atoms with Crippen molar-refractivity contribution in [2.45, 2.75) is 71.1 Å². The molecule has 2 heteroatoms. The molecular formula is C32H33NO. The van der Waals surface area contributed by atoms with Crippen molar-refractivity contribution in [3.8, 4) is 11.3 Å². The maximum Gasteiger partial charge on any atom is 0.161 e. The van der Waals surface area contributed by atoms with Gasteiger partial charge in [-0.1, -0.05) is 84.9 Å². The first-order chi connectivity index (χ1) is 16.0. The van der Waals surface area contributed by atoms with Gasteiger partial charge in [-0.25, -0.2) is 0 Å². The number of hydrogen-bond donors (Lipinski definition) is 0. The molecule has 172 valence electrons. The van der Waals surface area contributed by atoms with Crippen LogP contribution < -0.4 is 0 Å². The molecule has 34 heavy (non-hydrogen) atoms. The summed E-state index contributed by atoms with van der Waals surface area (Å²) in [6, 6.07) is 19.9. The number of aromatic nitrogens is 1. The number of hydrogen-bond acceptors (Lipinski definition) is 2. The Bertz CT molecular complexity index is 1610. The van der Waals surface area contributed by atoms with E-state index >= 15 is 0 Å². The predicted octanol–water partition coefficient (Wildman–Crippen LogP) is 9.06. The zero-order valence-corrected chi connectivity index (χ0v) is 21.3. The van der Waals surface area contributed by atoms with E-state index in [0.29, 0.717) is 0 Å². The monoisotopic (exact) mass is 447 g/mol. The van der Waals surface area contributed by atoms with E-state index in [9.17, 15) is 0 Å². The van der Waals surface area contributed by atoms with Gasteiger partial charge in [0.25, 0.3) is 0 Å². The van der Waals surface area contributed by atoms with Crippen molar-refractivity contribution in [2.75, 3.05) is 0 Å². The summed E-state index contributed by atoms with van der Waals surface area (Å²) < 4.78 is 6.78. The fraction of sp³-hybridized carbons (Fsp3) is 0.344. The molecule has 6 rings (SSSR count). The van der Waals surface area contributed by atoms with Gasteiger partial charge in [0.05, 0.1) is 0 Å². The Labute approximate surface area is 202 Å². The molecule has 0 N–H and O–H groups in total. The molecule has 0 atom stereocenters. The number of furan rings is 1. The van der Waals surface area contributed by atoms with Gasteiger partial charge in [-0.2, -0.15) is 0 Å². The first-order valence-corrected chi connectivity index (χ1v) is 12.4. The molecule has 1 aliphatic rings. The number of nitrogens with zero attached hydrogens (tertiary/aromatic N) is 1. The lowest BCUT2D eigenvalue weighted by Crippen LogP contribution is -2.18. The zero-order valence-electron chi connectivity index (χ0n) is 21.3. The number of benzene rings is 3. The molecule has 0 unspecified atom stereocenters. The molecule has 0 spiro atoms. The summed E-state index contributed by atoms with van der Waals surface area (Å²) in [7, 11) is 0. The van der Waals surface area contributed by atoms with E-state index in [1.165, 1.54) is 32.8 Å². The van der Waals surface area contributed by atoms with Crippen molar-refractivity contribution >= 4 is 32.7 Å². The van der Waals surface area contributed by atoms with Gasteiger partial charge >= 0.3 is 0 Å². The molecule has 0 bridgehead atoms. The molecule has 2 aromatic heterocycles. The van der Waals surface area contributed by atoms with Crippen molar-refractivity contribution in [1.82, 2.24) is 4.98 Å². The van der Waals surface area contributed by atoms with Gasteiger partial charge in [-0.05, 0) is 62.8 Å². The van der Waals surface area contributed by atoms with Gasteiger partial charge in [0.15, 0.2) is 5.58 Å². The van der Waals surface area contributed by atoms with Gasteiger partial charge in [0.2, 0.25) is 0 Å². The Balaban J connectivity index is 1.68. The second-order valence-electron chi connectivity index (χ2n) is 12.4. The van der Waals surface area contributed by atoms with Gasteiger partial charge in [0, 0.05) is 28.1 Å². The summed E-state index contributed by atoms with van der Waals surface area (Å²) in [5.41, 5.74) is 8.32. The standard InChI is InChI=1S/C32H33NO/c1-30(2,3)25-17-20(16-19-10-8-9-11-21(19)25)27-29-23(14-15-33-27)22-12-13-24-26(28(22)34-29)32(6,7)18-31(24,4)5/h8-17H,18H2,1-7H3. The van der Waals surface area contributed by atoms with Gasteiger partial charge in [-0.15, -0.1) is 0 Å². The van der Waals surface area contributed by atoms with Crippen LogP contribution in [0.2, 0.25) is 0 Å². The van der Waals surface area contributed by atoms with Gasteiger partial charge in [-0.3, -0.25) is 4.98 Å². The summed E-state index contributed by atoms with van der Waals surface area (Å²) in [6.07, 6.45) is 3.05. The fourth-order valence-corrected chi connectivity index (χ4v) is 6.56. The van der Waals surface area contributed by atoms with Crippen molar-refractivity contribution in [3.05, 3.63) is 77.5 Å². The first kappa shape index (κ1) is 21.4. The lowest BCUT2D eigenvalue weighted by atomic mass is 9.82. The summed E-state index contributed by atoms with van der Waals surface area (Å²) >= 11 is 0. The highest BCUT2D eigenvalue weighted by molar-refractivity contribution is 6.10. The Morgan fingerprint density at radius 2 is 1.53 bits per heavy atom. The third-order valence-corrected chi connectivity index (χ3v) is 7.79. The molecule has 0 aliphatic heterocycles. The summed E-state index contributed by atoms with van der Waals surface area (Å²) in [5.74, 6) is 0. The van der Waals surface area contributed by atoms with Crippen LogP contribution in [0.5, 0.6) is 0 Å². The second-order valence-corrected chi connectivity index (χ2v) is 12.4. The normalized spacial score (nSPS) is 17.0. The van der Waals surface area contributed by atoms with Crippen molar-refractivity contribution in [1.29, 1.82) is 0 Å². The van der Waals surface area contributed by atoms with E-state index in [0.717, 1.165) is 34.2 Å². The second kappa shape index (κ2) is 6.72. The van der Waals surface area contributed by atoms with E-state index < -0.39 is 0 Å². The van der Waals surface area contributed by atoms with Crippen molar-refractivity contribution in [2.24, 2.45) is 0 Å². The Morgan fingerprint density at radius 1 is 0.794 bits per heavy atom. The minimum atomic E-state index is 0.0216. The van der Waals surface area contributed by atoms with Crippen molar-refractivity contribution in [3.63, 3.8) is 0 Å². The molecule has 2 nitrogen and oxygen atoms in total.